The molecule has 0 aliphatic heterocycles. The Bertz CT molecular complexity index is 296. The van der Waals surface area contributed by atoms with E-state index in [0.29, 0.717) is 0 Å². The van der Waals surface area contributed by atoms with E-state index in [4.69, 9.17) is 14.9 Å². The summed E-state index contributed by atoms with van der Waals surface area (Å²) in [6.07, 6.45) is 0. The van der Waals surface area contributed by atoms with Crippen LogP contribution in [0.1, 0.15) is 24.2 Å². The van der Waals surface area contributed by atoms with Gasteiger partial charge in [0.2, 0.25) is 0 Å². The molecule has 0 amide bonds. The highest BCUT2D eigenvalue weighted by atomic mass is 16.5. The maximum Gasteiger partial charge on any atom is 0.339 e. The predicted octanol–water partition coefficient (Wildman–Crippen LogP) is 1.78. The van der Waals surface area contributed by atoms with Gasteiger partial charge in [-0.05, 0) is 12.1 Å². The fraction of sp³-hybridized carbons (Fsp3) is 0.364. The Kier molecular flexibility index (Phi) is 7.01. The first kappa shape index (κ1) is 13.4. The number of benzene rings is 1. The van der Waals surface area contributed by atoms with E-state index in [9.17, 15) is 4.79 Å². The highest BCUT2D eigenvalue weighted by Gasteiger charge is 2.08. The predicted molar refractivity (Wildman–Crippen MR) is 57.3 cm³/mol. The molecule has 4 heteroatoms. The summed E-state index contributed by atoms with van der Waals surface area (Å²) < 4.78 is 5.02. The first-order valence-electron chi connectivity index (χ1n) is 4.81. The molecule has 0 unspecified atom stereocenters. The second-order valence-electron chi connectivity index (χ2n) is 2.37. The van der Waals surface area contributed by atoms with Gasteiger partial charge in [-0.15, -0.1) is 0 Å². The molecule has 0 saturated carbocycles. The number of carboxylic acid groups (broad SMARTS) is 1. The average Bonchev–Trinajstić information content (AvgIpc) is 2.29. The van der Waals surface area contributed by atoms with Gasteiger partial charge in [-0.1, -0.05) is 26.0 Å². The number of carboxylic acids is 1. The summed E-state index contributed by atoms with van der Waals surface area (Å²) in [5, 5.41) is 17.2. The molecule has 0 fully saturated rings. The molecule has 1 aromatic rings. The highest BCUT2D eigenvalue weighted by molar-refractivity contribution is 5.90. The quantitative estimate of drug-likeness (QED) is 0.798. The summed E-state index contributed by atoms with van der Waals surface area (Å²) in [6, 6.07) is 6.31. The standard InChI is InChI=1S/C9H10O4.C2H6/c10-5-6-13-8-4-2-1-3-7(8)9(11)12;1-2/h1-4,10H,5-6H2,(H,11,12);1-2H3. The van der Waals surface area contributed by atoms with Crippen molar-refractivity contribution in [3.05, 3.63) is 29.8 Å². The molecule has 1 aromatic carbocycles. The number of hydrogen-bond acceptors (Lipinski definition) is 3. The van der Waals surface area contributed by atoms with Crippen LogP contribution in [0.3, 0.4) is 0 Å². The van der Waals surface area contributed by atoms with Crippen molar-refractivity contribution in [2.24, 2.45) is 0 Å². The fourth-order valence-corrected chi connectivity index (χ4v) is 0.925. The second kappa shape index (κ2) is 7.82. The molecule has 1 rings (SSSR count). The Morgan fingerprint density at radius 1 is 1.33 bits per heavy atom. The first-order valence-corrected chi connectivity index (χ1v) is 4.81. The lowest BCUT2D eigenvalue weighted by Crippen LogP contribution is -2.06. The third-order valence-corrected chi connectivity index (χ3v) is 1.47. The summed E-state index contributed by atoms with van der Waals surface area (Å²) in [6.45, 7) is 3.97. The number of aromatic carboxylic acids is 1. The van der Waals surface area contributed by atoms with Crippen molar-refractivity contribution in [1.82, 2.24) is 0 Å². The average molecular weight is 212 g/mol. The Hall–Kier alpha value is -1.55. The van der Waals surface area contributed by atoms with Gasteiger partial charge in [-0.3, -0.25) is 0 Å². The van der Waals surface area contributed by atoms with Gasteiger partial charge in [0.1, 0.15) is 17.9 Å². The Balaban J connectivity index is 0.000000921. The molecule has 0 heterocycles. The van der Waals surface area contributed by atoms with Crippen LogP contribution in [0.5, 0.6) is 5.75 Å². The lowest BCUT2D eigenvalue weighted by atomic mass is 10.2. The van der Waals surface area contributed by atoms with Crippen molar-refractivity contribution in [3.8, 4) is 5.75 Å². The zero-order chi connectivity index (χ0) is 11.7. The summed E-state index contributed by atoms with van der Waals surface area (Å²) in [5.74, 6) is -0.752. The van der Waals surface area contributed by atoms with E-state index in [1.165, 1.54) is 6.07 Å². The van der Waals surface area contributed by atoms with Crippen LogP contribution in [0.4, 0.5) is 0 Å². The van der Waals surface area contributed by atoms with Crippen molar-refractivity contribution in [3.63, 3.8) is 0 Å². The van der Waals surface area contributed by atoms with E-state index >= 15 is 0 Å². The van der Waals surface area contributed by atoms with Gasteiger partial charge < -0.3 is 14.9 Å². The van der Waals surface area contributed by atoms with E-state index in [1.54, 1.807) is 18.2 Å². The van der Waals surface area contributed by atoms with Crippen LogP contribution in [0.15, 0.2) is 24.3 Å². The van der Waals surface area contributed by atoms with Gasteiger partial charge in [-0.2, -0.15) is 0 Å². The zero-order valence-corrected chi connectivity index (χ0v) is 8.93. The van der Waals surface area contributed by atoms with Crippen LogP contribution in [-0.2, 0) is 0 Å². The largest absolute Gasteiger partial charge is 0.490 e. The number of aliphatic hydroxyl groups excluding tert-OH is 1. The molecule has 2 N–H and O–H groups in total. The number of hydrogen-bond donors (Lipinski definition) is 2. The molecule has 0 spiro atoms. The van der Waals surface area contributed by atoms with E-state index in [-0.39, 0.29) is 24.5 Å². The van der Waals surface area contributed by atoms with Gasteiger partial charge >= 0.3 is 5.97 Å². The summed E-state index contributed by atoms with van der Waals surface area (Å²) in [7, 11) is 0. The number of aliphatic hydroxyl groups is 1. The van der Waals surface area contributed by atoms with Gasteiger partial charge in [0.25, 0.3) is 0 Å². The highest BCUT2D eigenvalue weighted by Crippen LogP contribution is 2.17. The molecule has 15 heavy (non-hydrogen) atoms. The minimum absolute atomic E-state index is 0.101. The Labute approximate surface area is 89.1 Å². The van der Waals surface area contributed by atoms with Gasteiger partial charge in [0.05, 0.1) is 6.61 Å². The molecular formula is C11H16O4. The maximum atomic E-state index is 10.6. The van der Waals surface area contributed by atoms with Crippen LogP contribution in [0, 0.1) is 0 Å². The molecular weight excluding hydrogens is 196 g/mol. The third-order valence-electron chi connectivity index (χ3n) is 1.47. The van der Waals surface area contributed by atoms with E-state index in [0.717, 1.165) is 0 Å². The van der Waals surface area contributed by atoms with Crippen molar-refractivity contribution in [1.29, 1.82) is 0 Å². The van der Waals surface area contributed by atoms with Crippen LogP contribution in [0.25, 0.3) is 0 Å². The minimum atomic E-state index is -1.03. The van der Waals surface area contributed by atoms with Gasteiger partial charge in [-0.25, -0.2) is 4.79 Å². The molecule has 0 aliphatic rings. The molecule has 4 nitrogen and oxygen atoms in total. The fourth-order valence-electron chi connectivity index (χ4n) is 0.925. The molecule has 0 aliphatic carbocycles. The number of ether oxygens (including phenoxy) is 1. The van der Waals surface area contributed by atoms with Crippen LogP contribution < -0.4 is 4.74 Å². The van der Waals surface area contributed by atoms with Crippen molar-refractivity contribution in [2.75, 3.05) is 13.2 Å². The number of para-hydroxylation sites is 1. The van der Waals surface area contributed by atoms with Gasteiger partial charge in [0.15, 0.2) is 0 Å². The maximum absolute atomic E-state index is 10.6. The third kappa shape index (κ3) is 4.46. The lowest BCUT2D eigenvalue weighted by molar-refractivity contribution is 0.0691. The summed E-state index contributed by atoms with van der Waals surface area (Å²) in [4.78, 5) is 10.6. The summed E-state index contributed by atoms with van der Waals surface area (Å²) >= 11 is 0. The first-order chi connectivity index (χ1) is 7.25. The topological polar surface area (TPSA) is 66.8 Å². The SMILES string of the molecule is CC.O=C(O)c1ccccc1OCCO. The van der Waals surface area contributed by atoms with E-state index < -0.39 is 5.97 Å². The molecule has 0 atom stereocenters. The second-order valence-corrected chi connectivity index (χ2v) is 2.37. The molecule has 0 bridgehead atoms. The van der Waals surface area contributed by atoms with E-state index in [1.807, 2.05) is 13.8 Å². The smallest absolute Gasteiger partial charge is 0.339 e. The normalized spacial score (nSPS) is 8.73. The number of carbonyl (C=O) groups is 1. The van der Waals surface area contributed by atoms with Crippen LogP contribution in [0.2, 0.25) is 0 Å². The molecule has 0 saturated heterocycles. The Morgan fingerprint density at radius 3 is 2.47 bits per heavy atom. The lowest BCUT2D eigenvalue weighted by Gasteiger charge is -2.06. The molecule has 0 aromatic heterocycles. The van der Waals surface area contributed by atoms with Crippen molar-refractivity contribution >= 4 is 5.97 Å². The zero-order valence-electron chi connectivity index (χ0n) is 8.93. The van der Waals surface area contributed by atoms with Crippen molar-refractivity contribution in [2.45, 2.75) is 13.8 Å². The monoisotopic (exact) mass is 212 g/mol. The minimum Gasteiger partial charge on any atom is -0.490 e. The molecule has 0 radical (unpaired) electrons. The molecule has 84 valence electrons. The Morgan fingerprint density at radius 2 is 1.93 bits per heavy atom. The van der Waals surface area contributed by atoms with E-state index in [2.05, 4.69) is 0 Å². The van der Waals surface area contributed by atoms with Crippen LogP contribution >= 0.6 is 0 Å². The summed E-state index contributed by atoms with van der Waals surface area (Å²) in [5.41, 5.74) is 0.107. The van der Waals surface area contributed by atoms with Crippen molar-refractivity contribution < 1.29 is 19.7 Å². The van der Waals surface area contributed by atoms with Crippen LogP contribution in [-0.4, -0.2) is 29.4 Å². The van der Waals surface area contributed by atoms with Gasteiger partial charge in [0, 0.05) is 0 Å². The number of rotatable bonds is 4.